The van der Waals surface area contributed by atoms with Crippen molar-refractivity contribution in [2.24, 2.45) is 0 Å². The molecule has 2 aliphatic heterocycles. The molecule has 14 rings (SSSR count). The molecule has 378 valence electrons. The molecule has 0 N–H and O–H groups in total. The summed E-state index contributed by atoms with van der Waals surface area (Å²) in [5, 5.41) is 5.03. The summed E-state index contributed by atoms with van der Waals surface area (Å²) in [6.45, 7) is 7.07. The van der Waals surface area contributed by atoms with Crippen molar-refractivity contribution in [2.75, 3.05) is 9.80 Å². The van der Waals surface area contributed by atoms with Gasteiger partial charge in [0.1, 0.15) is 0 Å². The topological polar surface area (TPSA) is 6.48 Å². The van der Waals surface area contributed by atoms with E-state index < -0.39 is 0 Å². The molecule has 79 heavy (non-hydrogen) atoms. The first kappa shape index (κ1) is 48.2. The van der Waals surface area contributed by atoms with Gasteiger partial charge in [0.25, 0.3) is 6.71 Å². The Bertz CT molecular complexity index is 4150. The van der Waals surface area contributed by atoms with E-state index in [0.29, 0.717) is 5.92 Å². The van der Waals surface area contributed by atoms with E-state index in [1.165, 1.54) is 116 Å². The molecule has 2 heterocycles. The third-order valence-electron chi connectivity index (χ3n) is 16.9. The summed E-state index contributed by atoms with van der Waals surface area (Å²) in [6, 6.07) is 102. The molecule has 0 fully saturated rings. The van der Waals surface area contributed by atoms with Crippen molar-refractivity contribution in [1.82, 2.24) is 0 Å². The zero-order valence-electron chi connectivity index (χ0n) is 45.2. The molecule has 12 aromatic rings. The predicted molar refractivity (Wildman–Crippen MR) is 338 cm³/mol. The van der Waals surface area contributed by atoms with Crippen LogP contribution in [-0.2, 0) is 18.3 Å². The van der Waals surface area contributed by atoms with Gasteiger partial charge in [0.2, 0.25) is 0 Å². The SMILES string of the molecule is CC(C)(C)c1cc(-c2cc3c4c(c2)N(c2ccccc2)c2cc(CC(CCc5ccccc5)c5ccccc5)ccc2B4c2ccccc2N3c2ccccc2)cc(-c2c3ccccc3c(-c3ccccc3)c3ccccc23)c1. The molecule has 0 saturated carbocycles. The number of anilines is 6. The quantitative estimate of drug-likeness (QED) is 0.0941. The monoisotopic (exact) mass is 1010 g/mol. The van der Waals surface area contributed by atoms with E-state index >= 15 is 0 Å². The van der Waals surface area contributed by atoms with Gasteiger partial charge in [-0.2, -0.15) is 0 Å². The van der Waals surface area contributed by atoms with Crippen molar-refractivity contribution >= 4 is 78.8 Å². The summed E-state index contributed by atoms with van der Waals surface area (Å²) in [4.78, 5) is 5.12. The number of fused-ring (bicyclic) bond motifs is 6. The highest BCUT2D eigenvalue weighted by Gasteiger charge is 2.44. The van der Waals surface area contributed by atoms with Crippen molar-refractivity contribution in [3.63, 3.8) is 0 Å². The second-order valence-corrected chi connectivity index (χ2v) is 22.7. The number of hydrogen-bond acceptors (Lipinski definition) is 2. The van der Waals surface area contributed by atoms with Crippen LogP contribution >= 0.6 is 0 Å². The van der Waals surface area contributed by atoms with Crippen LogP contribution in [0.1, 0.15) is 55.4 Å². The Morgan fingerprint density at radius 2 is 0.835 bits per heavy atom. The molecule has 1 atom stereocenters. The standard InChI is InChI=1S/C76H61BN2/c1-76(2,3)60-48-57(47-59(49-60)74-65-37-21-19-35-63(65)73(55-29-13-6-14-30-55)64-36-20-22-38-66(64)74)58-50-71-75-72(51-58)79(62-33-17-8-18-34-62)70-46-53(45-56(54-27-11-5-12-28-54)43-41-52-25-9-4-10-26-52)42-44-68(70)77(75)67-39-23-24-40-69(67)78(71)61-31-15-7-16-32-61/h4-40,42,44,46-51,56H,41,43,45H2,1-3H3. The lowest BCUT2D eigenvalue weighted by Crippen LogP contribution is -2.61. The highest BCUT2D eigenvalue weighted by atomic mass is 15.2. The maximum Gasteiger partial charge on any atom is 0.252 e. The number of aryl methyl sites for hydroxylation is 1. The molecule has 0 aromatic heterocycles. The number of rotatable bonds is 11. The van der Waals surface area contributed by atoms with Crippen LogP contribution in [-0.4, -0.2) is 6.71 Å². The van der Waals surface area contributed by atoms with Crippen LogP contribution in [0.3, 0.4) is 0 Å². The largest absolute Gasteiger partial charge is 0.311 e. The van der Waals surface area contributed by atoms with E-state index in [-0.39, 0.29) is 12.1 Å². The van der Waals surface area contributed by atoms with Crippen molar-refractivity contribution in [3.8, 4) is 33.4 Å². The number of hydrogen-bond donors (Lipinski definition) is 0. The van der Waals surface area contributed by atoms with E-state index in [9.17, 15) is 0 Å². The molecule has 0 saturated heterocycles. The van der Waals surface area contributed by atoms with E-state index in [0.717, 1.165) is 30.6 Å². The third-order valence-corrected chi connectivity index (χ3v) is 16.9. The molecule has 0 amide bonds. The van der Waals surface area contributed by atoms with Gasteiger partial charge in [0.05, 0.1) is 0 Å². The van der Waals surface area contributed by atoms with Gasteiger partial charge in [0, 0.05) is 34.1 Å². The van der Waals surface area contributed by atoms with Crippen molar-refractivity contribution < 1.29 is 0 Å². The van der Waals surface area contributed by atoms with Crippen molar-refractivity contribution in [2.45, 2.75) is 51.4 Å². The Hall–Kier alpha value is -9.18. The lowest BCUT2D eigenvalue weighted by molar-refractivity contribution is 0.591. The molecule has 0 aliphatic carbocycles. The van der Waals surface area contributed by atoms with Crippen LogP contribution in [0.4, 0.5) is 34.1 Å². The van der Waals surface area contributed by atoms with Crippen LogP contribution in [0, 0.1) is 0 Å². The zero-order valence-corrected chi connectivity index (χ0v) is 45.2. The van der Waals surface area contributed by atoms with Crippen LogP contribution in [0.5, 0.6) is 0 Å². The van der Waals surface area contributed by atoms with Crippen molar-refractivity contribution in [3.05, 3.63) is 295 Å². The molecule has 2 nitrogen and oxygen atoms in total. The van der Waals surface area contributed by atoms with E-state index in [1.807, 2.05) is 0 Å². The van der Waals surface area contributed by atoms with E-state index in [4.69, 9.17) is 0 Å². The molecule has 12 aromatic carbocycles. The van der Waals surface area contributed by atoms with Gasteiger partial charge in [-0.15, -0.1) is 0 Å². The highest BCUT2D eigenvalue weighted by Crippen LogP contribution is 2.49. The first-order chi connectivity index (χ1) is 38.8. The van der Waals surface area contributed by atoms with Crippen LogP contribution in [0.15, 0.2) is 273 Å². The fourth-order valence-corrected chi connectivity index (χ4v) is 13.1. The Morgan fingerprint density at radius 3 is 1.43 bits per heavy atom. The second-order valence-electron chi connectivity index (χ2n) is 22.7. The van der Waals surface area contributed by atoms with Gasteiger partial charge < -0.3 is 9.80 Å². The minimum absolute atomic E-state index is 0.000413. The lowest BCUT2D eigenvalue weighted by Gasteiger charge is -2.44. The van der Waals surface area contributed by atoms with E-state index in [2.05, 4.69) is 304 Å². The lowest BCUT2D eigenvalue weighted by atomic mass is 9.33. The van der Waals surface area contributed by atoms with Crippen molar-refractivity contribution in [1.29, 1.82) is 0 Å². The van der Waals surface area contributed by atoms with Crippen LogP contribution in [0.2, 0.25) is 0 Å². The number of nitrogens with zero attached hydrogens (tertiary/aromatic N) is 2. The minimum atomic E-state index is -0.146. The van der Waals surface area contributed by atoms with E-state index in [1.54, 1.807) is 0 Å². The van der Waals surface area contributed by atoms with Crippen LogP contribution < -0.4 is 26.2 Å². The second kappa shape index (κ2) is 20.0. The highest BCUT2D eigenvalue weighted by molar-refractivity contribution is 7.00. The number of para-hydroxylation sites is 3. The summed E-state index contributed by atoms with van der Waals surface area (Å²) in [5.74, 6) is 0.349. The fourth-order valence-electron chi connectivity index (χ4n) is 13.1. The van der Waals surface area contributed by atoms with Gasteiger partial charge in [-0.3, -0.25) is 0 Å². The van der Waals surface area contributed by atoms with Gasteiger partial charge in [-0.1, -0.05) is 239 Å². The van der Waals surface area contributed by atoms with Gasteiger partial charge in [0.15, 0.2) is 0 Å². The average molecular weight is 1010 g/mol. The van der Waals surface area contributed by atoms with Crippen LogP contribution in [0.25, 0.3) is 54.9 Å². The van der Waals surface area contributed by atoms with Gasteiger partial charge >= 0.3 is 0 Å². The zero-order chi connectivity index (χ0) is 53.0. The molecule has 2 aliphatic rings. The minimum Gasteiger partial charge on any atom is -0.311 e. The molecule has 0 radical (unpaired) electrons. The summed E-state index contributed by atoms with van der Waals surface area (Å²) >= 11 is 0. The number of benzene rings is 12. The molecular weight excluding hydrogens is 952 g/mol. The Morgan fingerprint density at radius 1 is 0.367 bits per heavy atom. The summed E-state index contributed by atoms with van der Waals surface area (Å²) in [6.07, 6.45) is 3.03. The molecule has 1 unspecified atom stereocenters. The fraction of sp³-hybridized carbons (Fsp3) is 0.105. The molecule has 0 spiro atoms. The molecule has 0 bridgehead atoms. The van der Waals surface area contributed by atoms with Gasteiger partial charge in [-0.25, -0.2) is 0 Å². The predicted octanol–water partition coefficient (Wildman–Crippen LogP) is 18.3. The Labute approximate surface area is 466 Å². The maximum atomic E-state index is 2.59. The Kier molecular flexibility index (Phi) is 12.2. The normalized spacial score (nSPS) is 13.0. The smallest absolute Gasteiger partial charge is 0.252 e. The first-order valence-corrected chi connectivity index (χ1v) is 28.2. The molecular formula is C76H61BN2. The average Bonchev–Trinajstić information content (AvgIpc) is 2.93. The summed E-state index contributed by atoms with van der Waals surface area (Å²) < 4.78 is 0. The molecule has 3 heteroatoms. The summed E-state index contributed by atoms with van der Waals surface area (Å²) in [5.41, 5.74) is 23.7. The maximum absolute atomic E-state index is 2.59. The third kappa shape index (κ3) is 8.71. The Balaban J connectivity index is 1.01. The first-order valence-electron chi connectivity index (χ1n) is 28.2. The van der Waals surface area contributed by atoms with Gasteiger partial charge in [-0.05, 0) is 179 Å². The summed E-state index contributed by atoms with van der Waals surface area (Å²) in [7, 11) is 0.